The lowest BCUT2D eigenvalue weighted by Gasteiger charge is -2.22. The van der Waals surface area contributed by atoms with E-state index in [2.05, 4.69) is 39.8 Å². The summed E-state index contributed by atoms with van der Waals surface area (Å²) in [5.41, 5.74) is 4.13. The predicted octanol–water partition coefficient (Wildman–Crippen LogP) is 6.06. The minimum atomic E-state index is -0.328. The number of hydrazone groups is 1. The second kappa shape index (κ2) is 14.7. The number of nitrogens with zero attached hydrogens (tertiary/aromatic N) is 5. The zero-order valence-electron chi connectivity index (χ0n) is 26.9. The fraction of sp³-hybridized carbons (Fsp3) is 0.229. The van der Waals surface area contributed by atoms with E-state index in [9.17, 15) is 9.59 Å². The molecule has 11 nitrogen and oxygen atoms in total. The van der Waals surface area contributed by atoms with Gasteiger partial charge < -0.3 is 19.5 Å². The number of carbonyl (C=O) groups excluding carboxylic acids is 2. The first-order valence-electron chi connectivity index (χ1n) is 15.1. The molecule has 3 aromatic carbocycles. The standard InChI is InChI=1S/C35H34N6O5S2/c1-22-11-13-23(14-12-22)27-19-25(31-10-7-17-47-31)39-41(27)33(42)21-48-35-38-37-32(40(35)26-8-5-6-9-28(26)44-2)20-36-34(43)24-15-16-29(45-3)30(18-24)46-4/h5-18,27H,19-21H2,1-4H3,(H,36,43)/t27-/m1/s1. The Bertz CT molecular complexity index is 1940. The summed E-state index contributed by atoms with van der Waals surface area (Å²) in [5, 5.41) is 20.7. The predicted molar refractivity (Wildman–Crippen MR) is 186 cm³/mol. The van der Waals surface area contributed by atoms with Gasteiger partial charge in [-0.05, 0) is 54.3 Å². The number of para-hydroxylation sites is 2. The lowest BCUT2D eigenvalue weighted by atomic mass is 10.00. The van der Waals surface area contributed by atoms with Gasteiger partial charge in [-0.2, -0.15) is 5.10 Å². The maximum atomic E-state index is 13.9. The monoisotopic (exact) mass is 682 g/mol. The Labute approximate surface area is 286 Å². The van der Waals surface area contributed by atoms with Gasteiger partial charge in [0.05, 0.1) is 55.9 Å². The van der Waals surface area contributed by atoms with E-state index in [0.29, 0.717) is 45.9 Å². The highest BCUT2D eigenvalue weighted by Crippen LogP contribution is 2.36. The van der Waals surface area contributed by atoms with Crippen LogP contribution in [0.2, 0.25) is 0 Å². The first-order chi connectivity index (χ1) is 23.4. The zero-order chi connectivity index (χ0) is 33.6. The van der Waals surface area contributed by atoms with Crippen molar-refractivity contribution in [3.63, 3.8) is 0 Å². The Morgan fingerprint density at radius 3 is 2.42 bits per heavy atom. The van der Waals surface area contributed by atoms with Crippen LogP contribution in [-0.4, -0.2) is 64.4 Å². The number of methoxy groups -OCH3 is 3. The molecule has 0 saturated carbocycles. The van der Waals surface area contributed by atoms with Crippen LogP contribution in [0.3, 0.4) is 0 Å². The number of aryl methyl sites for hydroxylation is 1. The van der Waals surface area contributed by atoms with Gasteiger partial charge in [0.25, 0.3) is 11.8 Å². The largest absolute Gasteiger partial charge is 0.495 e. The number of amides is 2. The maximum Gasteiger partial charge on any atom is 0.253 e. The average Bonchev–Trinajstić information content (AvgIpc) is 3.90. The summed E-state index contributed by atoms with van der Waals surface area (Å²) in [6, 6.07) is 24.4. The van der Waals surface area contributed by atoms with Gasteiger partial charge in [0.2, 0.25) is 0 Å². The summed E-state index contributed by atoms with van der Waals surface area (Å²) in [6.07, 6.45) is 0.626. The Balaban J connectivity index is 1.25. The van der Waals surface area contributed by atoms with Crippen LogP contribution in [0.4, 0.5) is 0 Å². The van der Waals surface area contributed by atoms with Crippen LogP contribution in [0.5, 0.6) is 17.2 Å². The molecule has 1 aliphatic heterocycles. The molecule has 1 N–H and O–H groups in total. The number of nitrogens with one attached hydrogen (secondary N) is 1. The van der Waals surface area contributed by atoms with Gasteiger partial charge in [0.1, 0.15) is 5.75 Å². The lowest BCUT2D eigenvalue weighted by Crippen LogP contribution is -2.28. The molecule has 0 unspecified atom stereocenters. The Hall–Kier alpha value is -5.14. The molecule has 0 radical (unpaired) electrons. The molecule has 0 aliphatic carbocycles. The van der Waals surface area contributed by atoms with Crippen molar-refractivity contribution in [1.82, 2.24) is 25.1 Å². The molecule has 2 aromatic heterocycles. The molecular formula is C35H34N6O5S2. The Morgan fingerprint density at radius 1 is 0.917 bits per heavy atom. The molecule has 2 amide bonds. The van der Waals surface area contributed by atoms with E-state index in [1.165, 1.54) is 26.0 Å². The number of carbonyl (C=O) groups is 2. The number of benzene rings is 3. The number of aromatic nitrogens is 3. The topological polar surface area (TPSA) is 120 Å². The molecule has 5 aromatic rings. The molecule has 246 valence electrons. The quantitative estimate of drug-likeness (QED) is 0.158. The minimum Gasteiger partial charge on any atom is -0.495 e. The smallest absolute Gasteiger partial charge is 0.253 e. The van der Waals surface area contributed by atoms with Gasteiger partial charge >= 0.3 is 0 Å². The number of hydrogen-bond acceptors (Lipinski definition) is 10. The van der Waals surface area contributed by atoms with E-state index in [0.717, 1.165) is 21.7 Å². The lowest BCUT2D eigenvalue weighted by molar-refractivity contribution is -0.130. The van der Waals surface area contributed by atoms with Crippen LogP contribution in [0, 0.1) is 6.92 Å². The summed E-state index contributed by atoms with van der Waals surface area (Å²) >= 11 is 2.86. The third-order valence-corrected chi connectivity index (χ3v) is 9.67. The third kappa shape index (κ3) is 6.92. The van der Waals surface area contributed by atoms with Gasteiger partial charge in [0, 0.05) is 12.0 Å². The van der Waals surface area contributed by atoms with Crippen molar-refractivity contribution in [3.05, 3.63) is 112 Å². The highest BCUT2D eigenvalue weighted by Gasteiger charge is 2.34. The Kier molecular flexibility index (Phi) is 10.1. The van der Waals surface area contributed by atoms with Crippen LogP contribution in [0.25, 0.3) is 5.69 Å². The van der Waals surface area contributed by atoms with Gasteiger partial charge in [0.15, 0.2) is 22.5 Å². The first kappa shape index (κ1) is 32.8. The van der Waals surface area contributed by atoms with Crippen molar-refractivity contribution in [2.24, 2.45) is 5.10 Å². The highest BCUT2D eigenvalue weighted by molar-refractivity contribution is 7.99. The summed E-state index contributed by atoms with van der Waals surface area (Å²) in [4.78, 5) is 28.1. The van der Waals surface area contributed by atoms with E-state index in [-0.39, 0.29) is 30.2 Å². The highest BCUT2D eigenvalue weighted by atomic mass is 32.2. The number of ether oxygens (including phenoxy) is 3. The maximum absolute atomic E-state index is 13.9. The molecule has 13 heteroatoms. The fourth-order valence-corrected chi connectivity index (χ4v) is 6.91. The van der Waals surface area contributed by atoms with Crippen molar-refractivity contribution in [3.8, 4) is 22.9 Å². The molecule has 1 aliphatic rings. The molecule has 6 rings (SSSR count). The van der Waals surface area contributed by atoms with Crippen molar-refractivity contribution in [2.75, 3.05) is 27.1 Å². The van der Waals surface area contributed by atoms with Crippen molar-refractivity contribution < 1.29 is 23.8 Å². The molecule has 48 heavy (non-hydrogen) atoms. The third-order valence-electron chi connectivity index (χ3n) is 7.84. The Morgan fingerprint density at radius 2 is 1.69 bits per heavy atom. The van der Waals surface area contributed by atoms with Crippen molar-refractivity contribution >= 4 is 40.6 Å². The second-order valence-corrected chi connectivity index (χ2v) is 12.7. The molecule has 0 bridgehead atoms. The van der Waals surface area contributed by atoms with Gasteiger partial charge in [-0.25, -0.2) is 5.01 Å². The summed E-state index contributed by atoms with van der Waals surface area (Å²) in [6.45, 7) is 2.10. The van der Waals surface area contributed by atoms with E-state index >= 15 is 0 Å². The molecule has 0 saturated heterocycles. The average molecular weight is 683 g/mol. The fourth-order valence-electron chi connectivity index (χ4n) is 5.38. The molecule has 1 atom stereocenters. The SMILES string of the molecule is COc1ccc(C(=O)NCc2nnc(SCC(=O)N3N=C(c4cccs4)C[C@@H]3c3ccc(C)cc3)n2-c2ccccc2OC)cc1OC. The van der Waals surface area contributed by atoms with E-state index in [4.69, 9.17) is 19.3 Å². The van der Waals surface area contributed by atoms with Crippen LogP contribution in [0.1, 0.15) is 44.6 Å². The first-order valence-corrected chi connectivity index (χ1v) is 17.0. The van der Waals surface area contributed by atoms with Gasteiger partial charge in [-0.1, -0.05) is 59.8 Å². The van der Waals surface area contributed by atoms with Crippen LogP contribution in [0.15, 0.2) is 94.5 Å². The number of thioether (sulfide) groups is 1. The van der Waals surface area contributed by atoms with Crippen LogP contribution >= 0.6 is 23.1 Å². The second-order valence-electron chi connectivity index (χ2n) is 10.8. The minimum absolute atomic E-state index is 0.0584. The summed E-state index contributed by atoms with van der Waals surface area (Å²) in [7, 11) is 4.63. The number of hydrogen-bond donors (Lipinski definition) is 1. The van der Waals surface area contributed by atoms with E-state index in [1.54, 1.807) is 46.2 Å². The van der Waals surface area contributed by atoms with E-state index in [1.807, 2.05) is 48.7 Å². The summed E-state index contributed by atoms with van der Waals surface area (Å²) in [5.74, 6) is 1.59. The van der Waals surface area contributed by atoms with Crippen molar-refractivity contribution in [1.29, 1.82) is 0 Å². The molecule has 0 spiro atoms. The molecular weight excluding hydrogens is 649 g/mol. The molecule has 3 heterocycles. The van der Waals surface area contributed by atoms with Crippen LogP contribution < -0.4 is 19.5 Å². The van der Waals surface area contributed by atoms with Gasteiger partial charge in [-0.3, -0.25) is 14.2 Å². The van der Waals surface area contributed by atoms with Gasteiger partial charge in [-0.15, -0.1) is 21.5 Å². The summed E-state index contributed by atoms with van der Waals surface area (Å²) < 4.78 is 18.1. The van der Waals surface area contributed by atoms with Crippen LogP contribution in [-0.2, 0) is 11.3 Å². The van der Waals surface area contributed by atoms with Crippen molar-refractivity contribution in [2.45, 2.75) is 31.1 Å². The normalized spacial score (nSPS) is 14.0. The van der Waals surface area contributed by atoms with E-state index < -0.39 is 0 Å². The zero-order valence-corrected chi connectivity index (χ0v) is 28.5. The number of thiophene rings is 1. The number of rotatable bonds is 12. The molecule has 0 fully saturated rings.